The quantitative estimate of drug-likeness (QED) is 0.212. The molecule has 0 bridgehead atoms. The van der Waals surface area contributed by atoms with Gasteiger partial charge in [-0.1, -0.05) is 6.08 Å². The maximum atomic E-state index is 11.8. The minimum absolute atomic E-state index is 0.0191. The first-order valence-electron chi connectivity index (χ1n) is 5.73. The first kappa shape index (κ1) is 13.4. The first-order chi connectivity index (χ1) is 9.58. The van der Waals surface area contributed by atoms with E-state index in [4.69, 9.17) is 0 Å². The van der Waals surface area contributed by atoms with Gasteiger partial charge in [-0.3, -0.25) is 14.9 Å². The van der Waals surface area contributed by atoms with Gasteiger partial charge in [0.25, 0.3) is 17.2 Å². The molecule has 2 aromatic rings. The summed E-state index contributed by atoms with van der Waals surface area (Å²) in [4.78, 5) is 21.8. The van der Waals surface area contributed by atoms with Gasteiger partial charge in [-0.25, -0.2) is 0 Å². The molecule has 1 aromatic heterocycles. The normalized spacial score (nSPS) is 10.6. The summed E-state index contributed by atoms with van der Waals surface area (Å²) >= 11 is 0. The third-order valence-electron chi connectivity index (χ3n) is 2.61. The van der Waals surface area contributed by atoms with E-state index in [2.05, 4.69) is 0 Å². The van der Waals surface area contributed by atoms with Crippen LogP contribution in [0.4, 0.5) is 5.69 Å². The molecule has 0 aliphatic heterocycles. The number of allylic oxidation sites excluding steroid dienone is 1. The van der Waals surface area contributed by atoms with Gasteiger partial charge < -0.3 is 5.21 Å². The molecule has 1 heterocycles. The summed E-state index contributed by atoms with van der Waals surface area (Å²) < 4.78 is 0.489. The third kappa shape index (κ3) is 3.05. The highest BCUT2D eigenvalue weighted by molar-refractivity contribution is 6.04. The third-order valence-corrected chi connectivity index (χ3v) is 2.61. The van der Waals surface area contributed by atoms with Crippen LogP contribution in [0.15, 0.2) is 54.7 Å². The zero-order valence-corrected chi connectivity index (χ0v) is 10.3. The fourth-order valence-electron chi connectivity index (χ4n) is 1.58. The average molecular weight is 270 g/mol. The van der Waals surface area contributed by atoms with E-state index >= 15 is 0 Å². The van der Waals surface area contributed by atoms with Crippen molar-refractivity contribution in [3.63, 3.8) is 0 Å². The summed E-state index contributed by atoms with van der Waals surface area (Å²) in [5.41, 5.74) is 0.636. The Hall–Kier alpha value is -3.02. The molecule has 100 valence electrons. The van der Waals surface area contributed by atoms with Gasteiger partial charge in [0.15, 0.2) is 6.20 Å². The molecule has 6 nitrogen and oxygen atoms in total. The van der Waals surface area contributed by atoms with Crippen molar-refractivity contribution in [3.05, 3.63) is 81.3 Å². The Morgan fingerprint density at radius 1 is 1.15 bits per heavy atom. The van der Waals surface area contributed by atoms with Crippen LogP contribution in [0.2, 0.25) is 0 Å². The van der Waals surface area contributed by atoms with Gasteiger partial charge in [-0.2, -0.15) is 4.73 Å². The number of carbonyl (C=O) groups is 1. The van der Waals surface area contributed by atoms with E-state index in [-0.39, 0.29) is 11.4 Å². The number of hydrogen-bond donors (Lipinski definition) is 0. The number of non-ortho nitro benzene ring substituents is 1. The standard InChI is InChI=1S/C14H10N2O4/c17-14(13-3-1-2-10-15(13)18)9-6-11-4-7-12(8-5-11)16(19)20/h1-10H/b9-6+. The van der Waals surface area contributed by atoms with E-state index in [1.54, 1.807) is 6.07 Å². The summed E-state index contributed by atoms with van der Waals surface area (Å²) in [5.74, 6) is -0.432. The van der Waals surface area contributed by atoms with Crippen LogP contribution in [0, 0.1) is 15.3 Å². The lowest BCUT2D eigenvalue weighted by atomic mass is 10.1. The van der Waals surface area contributed by atoms with Gasteiger partial charge in [0, 0.05) is 24.3 Å². The lowest BCUT2D eigenvalue weighted by Crippen LogP contribution is -2.33. The molecule has 0 saturated heterocycles. The Morgan fingerprint density at radius 3 is 2.45 bits per heavy atom. The van der Waals surface area contributed by atoms with Crippen molar-refractivity contribution in [3.8, 4) is 0 Å². The summed E-state index contributed by atoms with van der Waals surface area (Å²) in [7, 11) is 0. The molecule has 0 spiro atoms. The van der Waals surface area contributed by atoms with E-state index in [0.29, 0.717) is 10.3 Å². The lowest BCUT2D eigenvalue weighted by Gasteiger charge is -1.99. The van der Waals surface area contributed by atoms with Crippen molar-refractivity contribution < 1.29 is 14.4 Å². The molecule has 0 atom stereocenters. The number of benzene rings is 1. The maximum absolute atomic E-state index is 11.8. The van der Waals surface area contributed by atoms with Gasteiger partial charge in [0.1, 0.15) is 0 Å². The van der Waals surface area contributed by atoms with Crippen molar-refractivity contribution in [1.82, 2.24) is 0 Å². The number of rotatable bonds is 4. The summed E-state index contributed by atoms with van der Waals surface area (Å²) in [6, 6.07) is 10.3. The molecular weight excluding hydrogens is 260 g/mol. The minimum atomic E-state index is -0.497. The molecule has 0 aliphatic rings. The Bertz CT molecular complexity index is 678. The Kier molecular flexibility index (Phi) is 3.85. The highest BCUT2D eigenvalue weighted by Crippen LogP contribution is 2.13. The maximum Gasteiger partial charge on any atom is 0.269 e. The SMILES string of the molecule is O=C(/C=C/c1ccc([N+](=O)[O-])cc1)c1cccc[n+]1[O-]. The number of hydrogen-bond acceptors (Lipinski definition) is 4. The van der Waals surface area contributed by atoms with Gasteiger partial charge in [0.05, 0.1) is 4.92 Å². The van der Waals surface area contributed by atoms with Crippen LogP contribution in [-0.4, -0.2) is 10.7 Å². The van der Waals surface area contributed by atoms with Crippen LogP contribution in [-0.2, 0) is 0 Å². The molecule has 0 saturated carbocycles. The van der Waals surface area contributed by atoms with E-state index in [1.165, 1.54) is 54.7 Å². The number of aromatic nitrogens is 1. The van der Waals surface area contributed by atoms with Crippen molar-refractivity contribution in [2.24, 2.45) is 0 Å². The van der Waals surface area contributed by atoms with Gasteiger partial charge in [-0.05, 0) is 29.8 Å². The predicted molar refractivity (Wildman–Crippen MR) is 71.9 cm³/mol. The lowest BCUT2D eigenvalue weighted by molar-refractivity contribution is -0.607. The van der Waals surface area contributed by atoms with Gasteiger partial charge in [-0.15, -0.1) is 0 Å². The predicted octanol–water partition coefficient (Wildman–Crippen LogP) is 2.12. The molecule has 0 N–H and O–H groups in total. The fourth-order valence-corrected chi connectivity index (χ4v) is 1.58. The molecule has 0 radical (unpaired) electrons. The van der Waals surface area contributed by atoms with E-state index in [9.17, 15) is 20.1 Å². The number of carbonyl (C=O) groups excluding carboxylic acids is 1. The molecule has 2 rings (SSSR count). The average Bonchev–Trinajstić information content (AvgIpc) is 2.45. The minimum Gasteiger partial charge on any atom is -0.618 e. The second kappa shape index (κ2) is 5.75. The van der Waals surface area contributed by atoms with Gasteiger partial charge >= 0.3 is 0 Å². The number of nitrogens with zero attached hydrogens (tertiary/aromatic N) is 2. The van der Waals surface area contributed by atoms with E-state index < -0.39 is 10.7 Å². The summed E-state index contributed by atoms with van der Waals surface area (Å²) in [5, 5.41) is 21.9. The number of ketones is 1. The van der Waals surface area contributed by atoms with E-state index in [1.807, 2.05) is 0 Å². The molecule has 20 heavy (non-hydrogen) atoms. The van der Waals surface area contributed by atoms with Crippen LogP contribution >= 0.6 is 0 Å². The first-order valence-corrected chi connectivity index (χ1v) is 5.73. The summed E-state index contributed by atoms with van der Waals surface area (Å²) in [6.45, 7) is 0. The van der Waals surface area contributed by atoms with Crippen molar-refractivity contribution in [1.29, 1.82) is 0 Å². The van der Waals surface area contributed by atoms with Crippen molar-refractivity contribution >= 4 is 17.5 Å². The molecular formula is C14H10N2O4. The van der Waals surface area contributed by atoms with Crippen LogP contribution < -0.4 is 4.73 Å². The summed E-state index contributed by atoms with van der Waals surface area (Å²) in [6.07, 6.45) is 4.00. The highest BCUT2D eigenvalue weighted by atomic mass is 16.6. The number of pyridine rings is 1. The topological polar surface area (TPSA) is 87.1 Å². The monoisotopic (exact) mass is 270 g/mol. The Labute approximate surface area is 114 Å². The highest BCUT2D eigenvalue weighted by Gasteiger charge is 2.11. The Morgan fingerprint density at radius 2 is 1.85 bits per heavy atom. The zero-order chi connectivity index (χ0) is 14.5. The zero-order valence-electron chi connectivity index (χ0n) is 10.3. The second-order valence-corrected chi connectivity index (χ2v) is 3.96. The molecule has 0 amide bonds. The largest absolute Gasteiger partial charge is 0.618 e. The molecule has 0 fully saturated rings. The molecule has 0 aliphatic carbocycles. The van der Waals surface area contributed by atoms with Gasteiger partial charge in [0.2, 0.25) is 0 Å². The van der Waals surface area contributed by atoms with E-state index in [0.717, 1.165) is 0 Å². The molecule has 6 heteroatoms. The fraction of sp³-hybridized carbons (Fsp3) is 0. The smallest absolute Gasteiger partial charge is 0.269 e. The van der Waals surface area contributed by atoms with Crippen LogP contribution in [0.5, 0.6) is 0 Å². The second-order valence-electron chi connectivity index (χ2n) is 3.96. The number of nitro benzene ring substituents is 1. The molecule has 1 aromatic carbocycles. The van der Waals surface area contributed by atoms with Crippen molar-refractivity contribution in [2.45, 2.75) is 0 Å². The van der Waals surface area contributed by atoms with Crippen LogP contribution in [0.25, 0.3) is 6.08 Å². The van der Waals surface area contributed by atoms with Crippen molar-refractivity contribution in [2.75, 3.05) is 0 Å². The van der Waals surface area contributed by atoms with Crippen LogP contribution in [0.3, 0.4) is 0 Å². The molecule has 0 unspecified atom stereocenters. The Balaban J connectivity index is 2.15. The van der Waals surface area contributed by atoms with Crippen LogP contribution in [0.1, 0.15) is 16.1 Å². The number of nitro groups is 1.